The molecule has 0 aliphatic heterocycles. The minimum Gasteiger partial charge on any atom is -0.300 e. The highest BCUT2D eigenvalue weighted by atomic mass is 15.2. The Kier molecular flexibility index (Phi) is 4.64. The Morgan fingerprint density at radius 2 is 1.50 bits per heavy atom. The van der Waals surface area contributed by atoms with Crippen LogP contribution in [0, 0.1) is 11.3 Å². The van der Waals surface area contributed by atoms with E-state index in [1.807, 2.05) is 0 Å². The Morgan fingerprint density at radius 1 is 1.07 bits per heavy atom. The molecule has 0 rings (SSSR count). The molecule has 1 nitrogen and oxygen atoms in total. The molecule has 0 saturated carbocycles. The van der Waals surface area contributed by atoms with Gasteiger partial charge in [-0.3, -0.25) is 0 Å². The van der Waals surface area contributed by atoms with Crippen molar-refractivity contribution in [2.75, 3.05) is 13.6 Å². The Labute approximate surface area is 90.9 Å². The minimum absolute atomic E-state index is 0.260. The molecule has 0 aliphatic carbocycles. The van der Waals surface area contributed by atoms with Gasteiger partial charge in [-0.1, -0.05) is 41.0 Å². The van der Waals surface area contributed by atoms with E-state index in [-0.39, 0.29) is 5.54 Å². The molecule has 0 saturated heterocycles. The summed E-state index contributed by atoms with van der Waals surface area (Å²) in [5, 5.41) is 0. The van der Waals surface area contributed by atoms with Gasteiger partial charge >= 0.3 is 0 Å². The van der Waals surface area contributed by atoms with Gasteiger partial charge in [0.25, 0.3) is 0 Å². The number of hydrogen-bond donors (Lipinski definition) is 0. The van der Waals surface area contributed by atoms with Crippen LogP contribution in [0.2, 0.25) is 0 Å². The lowest BCUT2D eigenvalue weighted by molar-refractivity contribution is 0.0331. The maximum Gasteiger partial charge on any atom is 0.0198 e. The quantitative estimate of drug-likeness (QED) is 0.666. The van der Waals surface area contributed by atoms with Crippen LogP contribution in [-0.4, -0.2) is 24.0 Å². The third kappa shape index (κ3) is 3.27. The molecule has 0 N–H and O–H groups in total. The van der Waals surface area contributed by atoms with Crippen LogP contribution < -0.4 is 0 Å². The Hall–Kier alpha value is -0.0400. The van der Waals surface area contributed by atoms with Crippen molar-refractivity contribution in [1.29, 1.82) is 0 Å². The molecule has 0 bridgehead atoms. The Balaban J connectivity index is 4.43. The highest BCUT2D eigenvalue weighted by Gasteiger charge is 2.36. The summed E-state index contributed by atoms with van der Waals surface area (Å²) in [6.07, 6.45) is 1.27. The Bertz CT molecular complexity index is 165. The summed E-state index contributed by atoms with van der Waals surface area (Å²) in [5.41, 5.74) is 0.589. The van der Waals surface area contributed by atoms with Crippen LogP contribution in [0.15, 0.2) is 0 Å². The first-order chi connectivity index (χ1) is 6.13. The average molecular weight is 199 g/mol. The van der Waals surface area contributed by atoms with Gasteiger partial charge in [0.2, 0.25) is 0 Å². The first kappa shape index (κ1) is 14.0. The van der Waals surface area contributed by atoms with Gasteiger partial charge in [0.15, 0.2) is 0 Å². The fraction of sp³-hybridized carbons (Fsp3) is 1.00. The van der Waals surface area contributed by atoms with E-state index in [1.165, 1.54) is 13.0 Å². The van der Waals surface area contributed by atoms with Gasteiger partial charge in [-0.15, -0.1) is 0 Å². The molecule has 0 amide bonds. The van der Waals surface area contributed by atoms with E-state index in [0.29, 0.717) is 5.41 Å². The van der Waals surface area contributed by atoms with Crippen LogP contribution >= 0.6 is 0 Å². The zero-order chi connectivity index (χ0) is 11.6. The second-order valence-electron chi connectivity index (χ2n) is 6.20. The van der Waals surface area contributed by atoms with Crippen molar-refractivity contribution in [2.24, 2.45) is 11.3 Å². The highest BCUT2D eigenvalue weighted by Crippen LogP contribution is 2.34. The predicted octanol–water partition coefficient (Wildman–Crippen LogP) is 3.79. The summed E-state index contributed by atoms with van der Waals surface area (Å²) in [4.78, 5) is 2.50. The molecule has 14 heavy (non-hydrogen) atoms. The molecule has 1 unspecified atom stereocenters. The molecule has 1 heteroatoms. The van der Waals surface area contributed by atoms with Crippen molar-refractivity contribution >= 4 is 0 Å². The maximum absolute atomic E-state index is 2.50. The van der Waals surface area contributed by atoms with E-state index in [1.54, 1.807) is 0 Å². The number of rotatable bonds is 4. The first-order valence-corrected chi connectivity index (χ1v) is 5.84. The third-order valence-corrected chi connectivity index (χ3v) is 4.07. The van der Waals surface area contributed by atoms with E-state index in [0.717, 1.165) is 5.92 Å². The van der Waals surface area contributed by atoms with Gasteiger partial charge in [-0.25, -0.2) is 0 Å². The number of hydrogen-bond acceptors (Lipinski definition) is 1. The monoisotopic (exact) mass is 199 g/mol. The van der Waals surface area contributed by atoms with E-state index in [9.17, 15) is 0 Å². The maximum atomic E-state index is 2.50. The molecule has 0 fully saturated rings. The summed E-state index contributed by atoms with van der Waals surface area (Å²) >= 11 is 0. The van der Waals surface area contributed by atoms with E-state index in [2.05, 4.69) is 60.4 Å². The fourth-order valence-corrected chi connectivity index (χ4v) is 1.40. The smallest absolute Gasteiger partial charge is 0.0198 e. The van der Waals surface area contributed by atoms with Crippen LogP contribution in [0.1, 0.15) is 54.9 Å². The normalized spacial score (nSPS) is 16.1. The molecule has 0 aromatic carbocycles. The molecule has 86 valence electrons. The van der Waals surface area contributed by atoms with Gasteiger partial charge in [0, 0.05) is 12.1 Å². The van der Waals surface area contributed by atoms with E-state index >= 15 is 0 Å². The van der Waals surface area contributed by atoms with Gasteiger partial charge in [0.1, 0.15) is 0 Å². The van der Waals surface area contributed by atoms with Crippen LogP contribution in [0.3, 0.4) is 0 Å². The van der Waals surface area contributed by atoms with Crippen LogP contribution in [0.25, 0.3) is 0 Å². The summed E-state index contributed by atoms with van der Waals surface area (Å²) in [5.74, 6) is 0.793. The van der Waals surface area contributed by atoms with E-state index in [4.69, 9.17) is 0 Å². The summed E-state index contributed by atoms with van der Waals surface area (Å²) in [6, 6.07) is 0. The molecule has 0 aromatic rings. The molecule has 0 radical (unpaired) electrons. The molecule has 0 spiro atoms. The van der Waals surface area contributed by atoms with Crippen LogP contribution in [0.5, 0.6) is 0 Å². The molecule has 0 aromatic heterocycles. The van der Waals surface area contributed by atoms with Gasteiger partial charge in [-0.2, -0.15) is 0 Å². The van der Waals surface area contributed by atoms with Crippen molar-refractivity contribution in [1.82, 2.24) is 4.90 Å². The van der Waals surface area contributed by atoms with Crippen molar-refractivity contribution in [3.63, 3.8) is 0 Å². The topological polar surface area (TPSA) is 3.24 Å². The lowest BCUT2D eigenvalue weighted by Crippen LogP contribution is -2.52. The SMILES string of the molecule is CCC(C)CN(C)C(C)(C)C(C)(C)C. The molecular formula is C13H29N. The lowest BCUT2D eigenvalue weighted by Gasteiger charge is -2.47. The highest BCUT2D eigenvalue weighted by molar-refractivity contribution is 4.91. The van der Waals surface area contributed by atoms with Crippen molar-refractivity contribution in [3.05, 3.63) is 0 Å². The summed E-state index contributed by atoms with van der Waals surface area (Å²) < 4.78 is 0. The zero-order valence-electron chi connectivity index (χ0n) is 11.4. The third-order valence-electron chi connectivity index (χ3n) is 4.07. The zero-order valence-corrected chi connectivity index (χ0v) is 11.4. The standard InChI is InChI=1S/C13H29N/c1-9-11(2)10-14(8)13(6,7)12(3,4)5/h11H,9-10H2,1-8H3. The summed E-state index contributed by atoms with van der Waals surface area (Å²) in [6.45, 7) is 17.4. The van der Waals surface area contributed by atoms with Crippen molar-refractivity contribution < 1.29 is 0 Å². The summed E-state index contributed by atoms with van der Waals surface area (Å²) in [7, 11) is 2.25. The van der Waals surface area contributed by atoms with E-state index < -0.39 is 0 Å². The fourth-order valence-electron chi connectivity index (χ4n) is 1.40. The second-order valence-corrected chi connectivity index (χ2v) is 6.20. The van der Waals surface area contributed by atoms with Crippen molar-refractivity contribution in [3.8, 4) is 0 Å². The van der Waals surface area contributed by atoms with Gasteiger partial charge in [0.05, 0.1) is 0 Å². The van der Waals surface area contributed by atoms with Crippen molar-refractivity contribution in [2.45, 2.75) is 60.4 Å². The predicted molar refractivity (Wildman–Crippen MR) is 65.6 cm³/mol. The van der Waals surface area contributed by atoms with Crippen LogP contribution in [-0.2, 0) is 0 Å². The molecule has 0 aliphatic rings. The molecule has 1 atom stereocenters. The lowest BCUT2D eigenvalue weighted by atomic mass is 9.75. The van der Waals surface area contributed by atoms with Gasteiger partial charge < -0.3 is 4.90 Å². The van der Waals surface area contributed by atoms with Gasteiger partial charge in [-0.05, 0) is 32.2 Å². The second kappa shape index (κ2) is 4.65. The number of nitrogens with zero attached hydrogens (tertiary/aromatic N) is 1. The largest absolute Gasteiger partial charge is 0.300 e. The van der Waals surface area contributed by atoms with Crippen LogP contribution in [0.4, 0.5) is 0 Å². The first-order valence-electron chi connectivity index (χ1n) is 5.84. The average Bonchev–Trinajstić information content (AvgIpc) is 2.01. The minimum atomic E-state index is 0.260. The molecular weight excluding hydrogens is 170 g/mol. The Morgan fingerprint density at radius 3 is 1.79 bits per heavy atom. The molecule has 0 heterocycles.